The highest BCUT2D eigenvalue weighted by molar-refractivity contribution is 7.85. The second-order valence-corrected chi connectivity index (χ2v) is 10.8. The van der Waals surface area contributed by atoms with Gasteiger partial charge in [-0.15, -0.1) is 7.92 Å². The zero-order chi connectivity index (χ0) is 22.4. The summed E-state index contributed by atoms with van der Waals surface area (Å²) in [7, 11) is -4.22. The van der Waals surface area contributed by atoms with Crippen molar-refractivity contribution in [2.45, 2.75) is 64.2 Å². The molecule has 0 aliphatic heterocycles. The van der Waals surface area contributed by atoms with Gasteiger partial charge in [-0.1, -0.05) is 40.0 Å². The van der Waals surface area contributed by atoms with E-state index >= 15 is 0 Å². The van der Waals surface area contributed by atoms with Crippen molar-refractivity contribution in [3.63, 3.8) is 0 Å². The maximum atomic E-state index is 10.8. The molecule has 0 aliphatic rings. The van der Waals surface area contributed by atoms with E-state index in [1.807, 2.05) is 0 Å². The van der Waals surface area contributed by atoms with Gasteiger partial charge in [0.2, 0.25) is 0 Å². The Kier molecular flexibility index (Phi) is 13.7. The van der Waals surface area contributed by atoms with Crippen molar-refractivity contribution in [2.24, 2.45) is 0 Å². The number of aromatic carboxylic acids is 2. The van der Waals surface area contributed by atoms with Crippen LogP contribution in [0, 0.1) is 0 Å². The van der Waals surface area contributed by atoms with Crippen LogP contribution in [-0.2, 0) is 10.1 Å². The van der Waals surface area contributed by atoms with Gasteiger partial charge in [-0.05, 0) is 55.9 Å². The van der Waals surface area contributed by atoms with E-state index in [1.54, 1.807) is 18.5 Å². The average Bonchev–Trinajstić information content (AvgIpc) is 2.66. The molecule has 0 saturated carbocycles. The Morgan fingerprint density at radius 2 is 1.14 bits per heavy atom. The van der Waals surface area contributed by atoms with Crippen LogP contribution < -0.4 is 0 Å². The number of hydrogen-bond acceptors (Lipinski definition) is 4. The molecule has 9 heteroatoms. The molecule has 0 spiro atoms. The third-order valence-corrected chi connectivity index (χ3v) is 7.86. The molecule has 166 valence electrons. The fourth-order valence-electron chi connectivity index (χ4n) is 2.48. The van der Waals surface area contributed by atoms with Gasteiger partial charge in [0.1, 0.15) is 0 Å². The molecule has 0 aromatic heterocycles. The van der Waals surface area contributed by atoms with E-state index < -0.39 is 38.1 Å². The fourth-order valence-corrected chi connectivity index (χ4v) is 5.99. The molecule has 1 aromatic rings. The smallest absolute Gasteiger partial charge is 0.335 e. The van der Waals surface area contributed by atoms with Crippen molar-refractivity contribution in [1.29, 1.82) is 0 Å². The largest absolute Gasteiger partial charge is 0.478 e. The molecule has 29 heavy (non-hydrogen) atoms. The average molecular weight is 449 g/mol. The van der Waals surface area contributed by atoms with Crippen LogP contribution in [0.2, 0.25) is 0 Å². The monoisotopic (exact) mass is 448 g/mol. The second kappa shape index (κ2) is 14.5. The molecule has 0 aliphatic carbocycles. The maximum Gasteiger partial charge on any atom is 0.335 e. The van der Waals surface area contributed by atoms with E-state index in [-0.39, 0.29) is 0 Å². The molecular weight excluding hydrogens is 415 g/mol. The van der Waals surface area contributed by atoms with Crippen LogP contribution in [0.1, 0.15) is 80.0 Å². The van der Waals surface area contributed by atoms with Crippen LogP contribution in [-0.4, -0.2) is 53.6 Å². The lowest BCUT2D eigenvalue weighted by Gasteiger charge is -2.16. The van der Waals surface area contributed by atoms with E-state index in [4.69, 9.17) is 14.8 Å². The fraction of sp³-hybridized carbons (Fsp3) is 0.600. The minimum Gasteiger partial charge on any atom is -0.478 e. The number of unbranched alkanes of at least 4 members (excludes halogenated alkanes) is 3. The summed E-state index contributed by atoms with van der Waals surface area (Å²) in [6.45, 7) is 6.94. The van der Waals surface area contributed by atoms with Gasteiger partial charge >= 0.3 is 11.9 Å². The number of carbonyl (C=O) groups is 2. The first-order valence-electron chi connectivity index (χ1n) is 9.88. The highest BCUT2D eigenvalue weighted by Gasteiger charge is 2.17. The summed E-state index contributed by atoms with van der Waals surface area (Å²) < 4.78 is 30.2. The summed E-state index contributed by atoms with van der Waals surface area (Å²) in [4.78, 5) is 20.4. The highest BCUT2D eigenvalue weighted by Crippen LogP contribution is 2.38. The van der Waals surface area contributed by atoms with Gasteiger partial charge in [0, 0.05) is 0 Å². The van der Waals surface area contributed by atoms with Crippen LogP contribution in [0.15, 0.2) is 23.1 Å². The van der Waals surface area contributed by atoms with E-state index in [0.717, 1.165) is 6.07 Å². The van der Waals surface area contributed by atoms with Gasteiger partial charge in [0.15, 0.2) is 0 Å². The Morgan fingerprint density at radius 3 is 1.38 bits per heavy atom. The van der Waals surface area contributed by atoms with Crippen LogP contribution in [0.3, 0.4) is 0 Å². The summed E-state index contributed by atoms with van der Waals surface area (Å²) in [5.41, 5.74) is -1.07. The first-order chi connectivity index (χ1) is 13.6. The van der Waals surface area contributed by atoms with E-state index in [9.17, 15) is 18.0 Å². The summed E-state index contributed by atoms with van der Waals surface area (Å²) in [6, 6.07) is 2.13. The molecular formula is C20H33O7PS. The van der Waals surface area contributed by atoms with Gasteiger partial charge in [-0.3, -0.25) is 4.55 Å². The van der Waals surface area contributed by atoms with E-state index in [1.165, 1.54) is 38.5 Å². The molecule has 0 saturated heterocycles. The molecule has 1 aromatic carbocycles. The molecule has 7 nitrogen and oxygen atoms in total. The zero-order valence-electron chi connectivity index (χ0n) is 17.4. The van der Waals surface area contributed by atoms with Crippen molar-refractivity contribution in [3.05, 3.63) is 29.3 Å². The predicted molar refractivity (Wildman–Crippen MR) is 116 cm³/mol. The molecule has 0 bridgehead atoms. The number of carboxylic acids is 2. The van der Waals surface area contributed by atoms with Crippen molar-refractivity contribution in [3.8, 4) is 0 Å². The van der Waals surface area contributed by atoms with Crippen LogP contribution in [0.4, 0.5) is 0 Å². The molecule has 3 N–H and O–H groups in total. The number of benzene rings is 1. The third kappa shape index (κ3) is 11.9. The Morgan fingerprint density at radius 1 is 0.793 bits per heavy atom. The van der Waals surface area contributed by atoms with Crippen molar-refractivity contribution < 1.29 is 32.8 Å². The van der Waals surface area contributed by atoms with Crippen LogP contribution in [0.25, 0.3) is 0 Å². The minimum atomic E-state index is -4.64. The number of hydrogen-bond donors (Lipinski definition) is 3. The SMILES string of the molecule is CCCCP(CCCC)CCCC.O=C(O)c1cc(C(=O)O)cc(S(=O)(=O)O)c1. The Labute approximate surface area is 175 Å². The molecule has 0 atom stereocenters. The molecule has 0 amide bonds. The van der Waals surface area contributed by atoms with Gasteiger partial charge in [-0.25, -0.2) is 9.59 Å². The number of carboxylic acid groups (broad SMARTS) is 2. The van der Waals surface area contributed by atoms with Gasteiger partial charge in [-0.2, -0.15) is 8.42 Å². The van der Waals surface area contributed by atoms with Gasteiger partial charge in [0.25, 0.3) is 10.1 Å². The third-order valence-electron chi connectivity index (χ3n) is 4.18. The first-order valence-corrected chi connectivity index (χ1v) is 13.2. The van der Waals surface area contributed by atoms with Crippen molar-refractivity contribution in [1.82, 2.24) is 0 Å². The van der Waals surface area contributed by atoms with E-state index in [0.29, 0.717) is 20.1 Å². The molecule has 0 fully saturated rings. The normalized spacial score (nSPS) is 11.1. The Balaban J connectivity index is 0.000000555. The standard InChI is InChI=1S/C12H27P.C8H6O7S/c1-4-7-10-13(11-8-5-2)12-9-6-3;9-7(10)4-1-5(8(11)12)3-6(2-4)16(13,14)15/h4-12H2,1-3H3;1-3H,(H,9,10)(H,11,12)(H,13,14,15). The van der Waals surface area contributed by atoms with Crippen molar-refractivity contribution in [2.75, 3.05) is 18.5 Å². The lowest BCUT2D eigenvalue weighted by molar-refractivity contribution is 0.0696. The number of rotatable bonds is 12. The lowest BCUT2D eigenvalue weighted by atomic mass is 10.1. The Hall–Kier alpha value is -1.50. The predicted octanol–water partition coefficient (Wildman–Crippen LogP) is 5.20. The minimum absolute atomic E-state index is 0.422. The topological polar surface area (TPSA) is 129 Å². The maximum absolute atomic E-state index is 10.8. The highest BCUT2D eigenvalue weighted by atomic mass is 32.2. The van der Waals surface area contributed by atoms with Crippen LogP contribution in [0.5, 0.6) is 0 Å². The van der Waals surface area contributed by atoms with E-state index in [2.05, 4.69) is 20.8 Å². The lowest BCUT2D eigenvalue weighted by Crippen LogP contribution is -2.07. The van der Waals surface area contributed by atoms with Gasteiger partial charge in [0.05, 0.1) is 16.0 Å². The molecule has 0 unspecified atom stereocenters. The molecule has 1 rings (SSSR count). The Bertz CT molecular complexity index is 696. The zero-order valence-corrected chi connectivity index (χ0v) is 19.1. The van der Waals surface area contributed by atoms with Gasteiger partial charge < -0.3 is 10.2 Å². The molecule has 0 radical (unpaired) electrons. The summed E-state index contributed by atoms with van der Waals surface area (Å²) in [5, 5.41) is 17.2. The first kappa shape index (κ1) is 27.5. The summed E-state index contributed by atoms with van der Waals surface area (Å²) in [6.07, 6.45) is 13.2. The quantitative estimate of drug-likeness (QED) is 0.296. The molecule has 0 heterocycles. The summed E-state index contributed by atoms with van der Waals surface area (Å²) >= 11 is 0. The summed E-state index contributed by atoms with van der Waals surface area (Å²) in [5.74, 6) is -2.99. The van der Waals surface area contributed by atoms with Crippen molar-refractivity contribution >= 4 is 30.0 Å². The van der Waals surface area contributed by atoms with Crippen LogP contribution >= 0.6 is 7.92 Å². The second-order valence-electron chi connectivity index (χ2n) is 6.73.